The summed E-state index contributed by atoms with van der Waals surface area (Å²) in [6.07, 6.45) is 7.41. The van der Waals surface area contributed by atoms with Gasteiger partial charge < -0.3 is 15.0 Å². The van der Waals surface area contributed by atoms with Crippen LogP contribution in [-0.4, -0.2) is 32.3 Å². The van der Waals surface area contributed by atoms with Gasteiger partial charge >= 0.3 is 0 Å². The maximum atomic E-state index is 11.8. The first-order chi connectivity index (χ1) is 12.7. The van der Waals surface area contributed by atoms with E-state index in [1.807, 2.05) is 6.20 Å². The molecule has 1 aliphatic heterocycles. The molecule has 1 aliphatic carbocycles. The fourth-order valence-electron chi connectivity index (χ4n) is 3.98. The van der Waals surface area contributed by atoms with E-state index in [0.29, 0.717) is 18.9 Å². The van der Waals surface area contributed by atoms with Crippen LogP contribution in [0.4, 0.5) is 0 Å². The Morgan fingerprint density at radius 3 is 3.04 bits per heavy atom. The zero-order valence-electron chi connectivity index (χ0n) is 14.4. The zero-order valence-corrected chi connectivity index (χ0v) is 14.4. The van der Waals surface area contributed by atoms with Crippen molar-refractivity contribution >= 4 is 16.9 Å². The van der Waals surface area contributed by atoms with Gasteiger partial charge in [-0.15, -0.1) is 0 Å². The lowest BCUT2D eigenvalue weighted by Gasteiger charge is -2.13. The highest BCUT2D eigenvalue weighted by Gasteiger charge is 2.35. The van der Waals surface area contributed by atoms with Crippen molar-refractivity contribution in [1.82, 2.24) is 19.7 Å². The van der Waals surface area contributed by atoms with Gasteiger partial charge in [0.25, 0.3) is 0 Å². The second-order valence-corrected chi connectivity index (χ2v) is 7.29. The van der Waals surface area contributed by atoms with Crippen LogP contribution in [0.15, 0.2) is 24.5 Å². The first-order valence-electron chi connectivity index (χ1n) is 9.15. The average Bonchev–Trinajstić information content (AvgIpc) is 3.24. The van der Waals surface area contributed by atoms with Crippen LogP contribution in [-0.2, 0) is 17.8 Å². The summed E-state index contributed by atoms with van der Waals surface area (Å²) < 4.78 is 8.22. The zero-order chi connectivity index (χ0) is 17.7. The number of imidazole rings is 1. The predicted molar refractivity (Wildman–Crippen MR) is 96.5 cm³/mol. The molecule has 3 N–H and O–H groups in total. The SMILES string of the molecule is NC(=O)[C@@H](Cc1cc2c3c(c1)nc(-c1cn[nH]c1)n3CCCO2)C1CC1. The molecule has 2 aromatic heterocycles. The molecule has 0 bridgehead atoms. The fraction of sp³-hybridized carbons (Fsp3) is 0.421. The molecule has 1 amide bonds. The Morgan fingerprint density at radius 2 is 2.31 bits per heavy atom. The number of benzene rings is 1. The molecule has 7 nitrogen and oxygen atoms in total. The van der Waals surface area contributed by atoms with E-state index in [2.05, 4.69) is 26.9 Å². The molecule has 0 radical (unpaired) electrons. The molecule has 1 atom stereocenters. The number of H-pyrrole nitrogens is 1. The van der Waals surface area contributed by atoms with Gasteiger partial charge in [0.2, 0.25) is 5.91 Å². The van der Waals surface area contributed by atoms with E-state index in [0.717, 1.165) is 59.5 Å². The highest BCUT2D eigenvalue weighted by atomic mass is 16.5. The number of hydrogen-bond donors (Lipinski definition) is 2. The lowest BCUT2D eigenvalue weighted by atomic mass is 9.94. The minimum absolute atomic E-state index is 0.0964. The van der Waals surface area contributed by atoms with Crippen LogP contribution >= 0.6 is 0 Å². The van der Waals surface area contributed by atoms with Gasteiger partial charge in [-0.05, 0) is 49.3 Å². The molecule has 3 heterocycles. The van der Waals surface area contributed by atoms with Crippen LogP contribution in [0.1, 0.15) is 24.8 Å². The quantitative estimate of drug-likeness (QED) is 0.736. The van der Waals surface area contributed by atoms with Gasteiger partial charge in [-0.3, -0.25) is 9.89 Å². The topological polar surface area (TPSA) is 98.8 Å². The van der Waals surface area contributed by atoms with Crippen LogP contribution in [0.25, 0.3) is 22.4 Å². The number of primary amides is 1. The molecule has 5 rings (SSSR count). The number of carbonyl (C=O) groups excluding carboxylic acids is 1. The highest BCUT2D eigenvalue weighted by Crippen LogP contribution is 2.40. The molecule has 3 aromatic rings. The fourth-order valence-corrected chi connectivity index (χ4v) is 3.98. The first-order valence-corrected chi connectivity index (χ1v) is 9.15. The summed E-state index contributed by atoms with van der Waals surface area (Å²) in [6, 6.07) is 4.13. The number of rotatable bonds is 5. The van der Waals surface area contributed by atoms with Crippen molar-refractivity contribution < 1.29 is 9.53 Å². The van der Waals surface area contributed by atoms with E-state index >= 15 is 0 Å². The Bertz CT molecular complexity index is 972. The van der Waals surface area contributed by atoms with Gasteiger partial charge in [0, 0.05) is 18.7 Å². The van der Waals surface area contributed by atoms with E-state index in [1.54, 1.807) is 6.20 Å². The number of amides is 1. The standard InChI is InChI=1S/C19H21N5O2/c20-18(25)14(12-2-3-12)6-11-7-15-17-16(8-11)26-5-1-4-24(17)19(23-15)13-9-21-22-10-13/h7-10,12,14H,1-6H2,(H2,20,25)(H,21,22)/t14-/m0/s1. The average molecular weight is 351 g/mol. The molecule has 1 aromatic carbocycles. The van der Waals surface area contributed by atoms with Crippen LogP contribution in [0.2, 0.25) is 0 Å². The number of nitrogens with two attached hydrogens (primary N) is 1. The van der Waals surface area contributed by atoms with Crippen molar-refractivity contribution in [3.05, 3.63) is 30.1 Å². The van der Waals surface area contributed by atoms with Crippen LogP contribution in [0, 0.1) is 11.8 Å². The second kappa shape index (κ2) is 5.86. The van der Waals surface area contributed by atoms with Crippen molar-refractivity contribution in [1.29, 1.82) is 0 Å². The number of nitrogens with one attached hydrogen (secondary N) is 1. The minimum Gasteiger partial charge on any atom is -0.491 e. The lowest BCUT2D eigenvalue weighted by molar-refractivity contribution is -0.122. The lowest BCUT2D eigenvalue weighted by Crippen LogP contribution is -2.26. The van der Waals surface area contributed by atoms with Gasteiger partial charge in [-0.1, -0.05) is 0 Å². The molecule has 26 heavy (non-hydrogen) atoms. The summed E-state index contributed by atoms with van der Waals surface area (Å²) in [5, 5.41) is 6.91. The summed E-state index contributed by atoms with van der Waals surface area (Å²) in [4.78, 5) is 16.7. The number of nitrogens with zero attached hydrogens (tertiary/aromatic N) is 3. The van der Waals surface area contributed by atoms with Crippen molar-refractivity contribution in [2.24, 2.45) is 17.6 Å². The van der Waals surface area contributed by atoms with Crippen molar-refractivity contribution in [2.75, 3.05) is 6.61 Å². The molecule has 0 unspecified atom stereocenters. The molecular weight excluding hydrogens is 330 g/mol. The highest BCUT2D eigenvalue weighted by molar-refractivity contribution is 5.87. The molecule has 0 saturated heterocycles. The monoisotopic (exact) mass is 351 g/mol. The van der Waals surface area contributed by atoms with Crippen LogP contribution < -0.4 is 10.5 Å². The summed E-state index contributed by atoms with van der Waals surface area (Å²) in [5.74, 6) is 1.87. The maximum Gasteiger partial charge on any atom is 0.221 e. The molecule has 2 aliphatic rings. The van der Waals surface area contributed by atoms with Gasteiger partial charge in [-0.25, -0.2) is 4.98 Å². The van der Waals surface area contributed by atoms with E-state index in [-0.39, 0.29) is 11.8 Å². The van der Waals surface area contributed by atoms with Crippen molar-refractivity contribution in [3.63, 3.8) is 0 Å². The van der Waals surface area contributed by atoms with Crippen molar-refractivity contribution in [2.45, 2.75) is 32.2 Å². The number of aromatic amines is 1. The van der Waals surface area contributed by atoms with Gasteiger partial charge in [0.1, 0.15) is 17.1 Å². The van der Waals surface area contributed by atoms with E-state index in [1.165, 1.54) is 0 Å². The van der Waals surface area contributed by atoms with Crippen LogP contribution in [0.5, 0.6) is 5.75 Å². The Hall–Kier alpha value is -2.83. The predicted octanol–water partition coefficient (Wildman–Crippen LogP) is 2.26. The molecule has 1 fully saturated rings. The second-order valence-electron chi connectivity index (χ2n) is 7.29. The number of aryl methyl sites for hydroxylation is 1. The normalized spacial score (nSPS) is 17.7. The van der Waals surface area contributed by atoms with E-state index in [9.17, 15) is 4.79 Å². The van der Waals surface area contributed by atoms with E-state index < -0.39 is 0 Å². The summed E-state index contributed by atoms with van der Waals surface area (Å²) in [7, 11) is 0. The Balaban J connectivity index is 1.62. The third-order valence-electron chi connectivity index (χ3n) is 5.42. The number of carbonyl (C=O) groups is 1. The maximum absolute atomic E-state index is 11.8. The first kappa shape index (κ1) is 15.4. The number of hydrogen-bond acceptors (Lipinski definition) is 4. The molecular formula is C19H21N5O2. The Labute approximate surface area is 150 Å². The van der Waals surface area contributed by atoms with Crippen LogP contribution in [0.3, 0.4) is 0 Å². The molecule has 1 saturated carbocycles. The minimum atomic E-state index is -0.205. The molecule has 134 valence electrons. The third kappa shape index (κ3) is 2.55. The van der Waals surface area contributed by atoms with Gasteiger partial charge in [0.05, 0.1) is 23.9 Å². The van der Waals surface area contributed by atoms with Gasteiger partial charge in [0.15, 0.2) is 0 Å². The summed E-state index contributed by atoms with van der Waals surface area (Å²) in [6.45, 7) is 1.53. The smallest absolute Gasteiger partial charge is 0.221 e. The number of ether oxygens (including phenoxy) is 1. The Kier molecular flexibility index (Phi) is 3.48. The molecule has 7 heteroatoms. The largest absolute Gasteiger partial charge is 0.491 e. The summed E-state index contributed by atoms with van der Waals surface area (Å²) >= 11 is 0. The third-order valence-corrected chi connectivity index (χ3v) is 5.42. The number of aromatic nitrogens is 4. The van der Waals surface area contributed by atoms with E-state index in [4.69, 9.17) is 15.5 Å². The molecule has 0 spiro atoms. The van der Waals surface area contributed by atoms with Gasteiger partial charge in [-0.2, -0.15) is 5.10 Å². The summed E-state index contributed by atoms with van der Waals surface area (Å²) in [5.41, 5.74) is 9.58. The van der Waals surface area contributed by atoms with Crippen molar-refractivity contribution in [3.8, 4) is 17.1 Å². The Morgan fingerprint density at radius 1 is 1.42 bits per heavy atom.